The standard InChI is InChI=1S/C16H18N2/c17-15-8-4-5-9-16(15)18(14-10-11-14)12-13-6-2-1-3-7-13/h1-9,14H,10-12,17H2. The summed E-state index contributed by atoms with van der Waals surface area (Å²) in [7, 11) is 0. The number of anilines is 2. The molecule has 0 saturated heterocycles. The lowest BCUT2D eigenvalue weighted by Crippen LogP contribution is -2.25. The smallest absolute Gasteiger partial charge is 0.0605 e. The van der Waals surface area contributed by atoms with E-state index in [4.69, 9.17) is 5.73 Å². The molecular weight excluding hydrogens is 220 g/mol. The molecule has 0 spiro atoms. The van der Waals surface area contributed by atoms with E-state index in [1.54, 1.807) is 0 Å². The molecule has 3 rings (SSSR count). The van der Waals surface area contributed by atoms with Crippen molar-refractivity contribution in [3.8, 4) is 0 Å². The van der Waals surface area contributed by atoms with Gasteiger partial charge in [-0.25, -0.2) is 0 Å². The Hall–Kier alpha value is -1.96. The molecule has 0 unspecified atom stereocenters. The summed E-state index contributed by atoms with van der Waals surface area (Å²) >= 11 is 0. The molecule has 1 aliphatic carbocycles. The minimum absolute atomic E-state index is 0.662. The molecule has 2 heteroatoms. The third-order valence-electron chi connectivity index (χ3n) is 3.43. The van der Waals surface area contributed by atoms with Gasteiger partial charge in [-0.15, -0.1) is 0 Å². The third kappa shape index (κ3) is 2.33. The summed E-state index contributed by atoms with van der Waals surface area (Å²) < 4.78 is 0. The quantitative estimate of drug-likeness (QED) is 0.827. The molecule has 0 atom stereocenters. The zero-order valence-corrected chi connectivity index (χ0v) is 10.4. The van der Waals surface area contributed by atoms with Crippen LogP contribution in [-0.2, 0) is 6.54 Å². The Morgan fingerprint density at radius 3 is 2.28 bits per heavy atom. The van der Waals surface area contributed by atoms with Crippen LogP contribution in [0.2, 0.25) is 0 Å². The Kier molecular flexibility index (Phi) is 2.93. The molecular formula is C16H18N2. The highest BCUT2D eigenvalue weighted by molar-refractivity contribution is 5.68. The van der Waals surface area contributed by atoms with E-state index in [9.17, 15) is 0 Å². The third-order valence-corrected chi connectivity index (χ3v) is 3.43. The van der Waals surface area contributed by atoms with Gasteiger partial charge in [0.15, 0.2) is 0 Å². The van der Waals surface area contributed by atoms with Gasteiger partial charge < -0.3 is 10.6 Å². The molecule has 0 heterocycles. The molecule has 0 radical (unpaired) electrons. The average molecular weight is 238 g/mol. The van der Waals surface area contributed by atoms with E-state index in [2.05, 4.69) is 47.4 Å². The number of benzene rings is 2. The first-order valence-electron chi connectivity index (χ1n) is 6.49. The van der Waals surface area contributed by atoms with Crippen LogP contribution in [0.3, 0.4) is 0 Å². The van der Waals surface area contributed by atoms with E-state index in [0.717, 1.165) is 12.2 Å². The van der Waals surface area contributed by atoms with Crippen LogP contribution in [0.4, 0.5) is 11.4 Å². The highest BCUT2D eigenvalue weighted by Crippen LogP contribution is 2.35. The maximum atomic E-state index is 6.10. The molecule has 2 N–H and O–H groups in total. The van der Waals surface area contributed by atoms with Crippen LogP contribution in [-0.4, -0.2) is 6.04 Å². The number of hydrogen-bond donors (Lipinski definition) is 1. The van der Waals surface area contributed by atoms with Gasteiger partial charge in [-0.2, -0.15) is 0 Å². The van der Waals surface area contributed by atoms with Gasteiger partial charge in [0.1, 0.15) is 0 Å². The van der Waals surface area contributed by atoms with Gasteiger partial charge in [-0.1, -0.05) is 42.5 Å². The van der Waals surface area contributed by atoms with E-state index in [1.165, 1.54) is 24.1 Å². The molecule has 2 aromatic rings. The van der Waals surface area contributed by atoms with E-state index in [0.29, 0.717) is 6.04 Å². The van der Waals surface area contributed by atoms with Crippen molar-refractivity contribution in [2.75, 3.05) is 10.6 Å². The maximum absolute atomic E-state index is 6.10. The Bertz CT molecular complexity index is 518. The second kappa shape index (κ2) is 4.73. The van der Waals surface area contributed by atoms with Gasteiger partial charge in [0.2, 0.25) is 0 Å². The van der Waals surface area contributed by atoms with Gasteiger partial charge in [0.25, 0.3) is 0 Å². The van der Waals surface area contributed by atoms with Crippen LogP contribution in [0, 0.1) is 0 Å². The van der Waals surface area contributed by atoms with Crippen molar-refractivity contribution in [1.29, 1.82) is 0 Å². The Morgan fingerprint density at radius 1 is 0.944 bits per heavy atom. The monoisotopic (exact) mass is 238 g/mol. The van der Waals surface area contributed by atoms with Gasteiger partial charge in [0.05, 0.1) is 11.4 Å². The summed E-state index contributed by atoms with van der Waals surface area (Å²) in [4.78, 5) is 2.44. The zero-order chi connectivity index (χ0) is 12.4. The van der Waals surface area contributed by atoms with Crippen molar-refractivity contribution in [2.45, 2.75) is 25.4 Å². The lowest BCUT2D eigenvalue weighted by molar-refractivity contribution is 0.796. The number of hydrogen-bond acceptors (Lipinski definition) is 2. The van der Waals surface area contributed by atoms with Gasteiger partial charge >= 0.3 is 0 Å². The number of nitrogen functional groups attached to an aromatic ring is 1. The van der Waals surface area contributed by atoms with Crippen molar-refractivity contribution in [3.63, 3.8) is 0 Å². The van der Waals surface area contributed by atoms with E-state index in [-0.39, 0.29) is 0 Å². The van der Waals surface area contributed by atoms with Crippen molar-refractivity contribution in [2.24, 2.45) is 0 Å². The first-order chi connectivity index (χ1) is 8.84. The van der Waals surface area contributed by atoms with Gasteiger partial charge in [0, 0.05) is 12.6 Å². The van der Waals surface area contributed by atoms with Gasteiger partial charge in [-0.3, -0.25) is 0 Å². The number of nitrogens with two attached hydrogens (primary N) is 1. The van der Waals surface area contributed by atoms with E-state index in [1.807, 2.05) is 12.1 Å². The van der Waals surface area contributed by atoms with Crippen LogP contribution in [0.1, 0.15) is 18.4 Å². The highest BCUT2D eigenvalue weighted by atomic mass is 15.2. The lowest BCUT2D eigenvalue weighted by atomic mass is 10.2. The van der Waals surface area contributed by atoms with Crippen molar-refractivity contribution in [1.82, 2.24) is 0 Å². The van der Waals surface area contributed by atoms with Crippen molar-refractivity contribution in [3.05, 3.63) is 60.2 Å². The Balaban J connectivity index is 1.87. The maximum Gasteiger partial charge on any atom is 0.0605 e. The molecule has 1 saturated carbocycles. The molecule has 1 fully saturated rings. The molecule has 0 bridgehead atoms. The largest absolute Gasteiger partial charge is 0.397 e. The molecule has 0 aromatic heterocycles. The second-order valence-corrected chi connectivity index (χ2v) is 4.90. The van der Waals surface area contributed by atoms with Crippen molar-refractivity contribution < 1.29 is 0 Å². The fourth-order valence-corrected chi connectivity index (χ4v) is 2.33. The summed E-state index contributed by atoms with van der Waals surface area (Å²) in [6, 6.07) is 19.4. The minimum atomic E-state index is 0.662. The lowest BCUT2D eigenvalue weighted by Gasteiger charge is -2.26. The summed E-state index contributed by atoms with van der Waals surface area (Å²) in [5.41, 5.74) is 9.48. The summed E-state index contributed by atoms with van der Waals surface area (Å²) in [5, 5.41) is 0. The molecule has 1 aliphatic rings. The number of para-hydroxylation sites is 2. The predicted molar refractivity (Wildman–Crippen MR) is 76.5 cm³/mol. The van der Waals surface area contributed by atoms with Crippen LogP contribution >= 0.6 is 0 Å². The SMILES string of the molecule is Nc1ccccc1N(Cc1ccccc1)C1CC1. The highest BCUT2D eigenvalue weighted by Gasteiger charge is 2.30. The van der Waals surface area contributed by atoms with Gasteiger partial charge in [-0.05, 0) is 30.5 Å². The van der Waals surface area contributed by atoms with E-state index < -0.39 is 0 Å². The molecule has 92 valence electrons. The first-order valence-corrected chi connectivity index (χ1v) is 6.49. The van der Waals surface area contributed by atoms with E-state index >= 15 is 0 Å². The zero-order valence-electron chi connectivity index (χ0n) is 10.4. The first kappa shape index (κ1) is 11.1. The molecule has 2 nitrogen and oxygen atoms in total. The fraction of sp³-hybridized carbons (Fsp3) is 0.250. The molecule has 18 heavy (non-hydrogen) atoms. The van der Waals surface area contributed by atoms with Crippen LogP contribution < -0.4 is 10.6 Å². The summed E-state index contributed by atoms with van der Waals surface area (Å²) in [6.07, 6.45) is 2.56. The van der Waals surface area contributed by atoms with Crippen LogP contribution in [0.15, 0.2) is 54.6 Å². The van der Waals surface area contributed by atoms with Crippen LogP contribution in [0.5, 0.6) is 0 Å². The Labute approximate surface area is 108 Å². The molecule has 2 aromatic carbocycles. The minimum Gasteiger partial charge on any atom is -0.397 e. The molecule has 0 amide bonds. The Morgan fingerprint density at radius 2 is 1.61 bits per heavy atom. The normalized spacial score (nSPS) is 14.4. The average Bonchev–Trinajstić information content (AvgIpc) is 3.23. The van der Waals surface area contributed by atoms with Crippen LogP contribution in [0.25, 0.3) is 0 Å². The topological polar surface area (TPSA) is 29.3 Å². The molecule has 0 aliphatic heterocycles. The fourth-order valence-electron chi connectivity index (χ4n) is 2.33. The summed E-state index contributed by atoms with van der Waals surface area (Å²) in [5.74, 6) is 0. The predicted octanol–water partition coefficient (Wildman–Crippen LogP) is 3.44. The summed E-state index contributed by atoms with van der Waals surface area (Å²) in [6.45, 7) is 0.944. The number of nitrogens with zero attached hydrogens (tertiary/aromatic N) is 1. The number of rotatable bonds is 4. The van der Waals surface area contributed by atoms with Crippen molar-refractivity contribution >= 4 is 11.4 Å². The second-order valence-electron chi connectivity index (χ2n) is 4.90.